The Morgan fingerprint density at radius 3 is 1.95 bits per heavy atom. The molecule has 8 nitrogen and oxygen atoms in total. The van der Waals surface area contributed by atoms with E-state index in [1.807, 2.05) is 0 Å². The molecule has 0 aromatic carbocycles. The molecular formula is C13H21NO7. The fourth-order valence-corrected chi connectivity index (χ4v) is 1.59. The first-order valence-electron chi connectivity index (χ1n) is 6.36. The SMILES string of the molecule is COC(=O)CCC(=O)N[C@H](C(=O)OC)[C@@H](C)CC(=O)OC. The molecular weight excluding hydrogens is 282 g/mol. The Kier molecular flexibility index (Phi) is 8.75. The number of methoxy groups -OCH3 is 3. The monoisotopic (exact) mass is 303 g/mol. The topological polar surface area (TPSA) is 108 Å². The highest BCUT2D eigenvalue weighted by Gasteiger charge is 2.29. The molecule has 0 fully saturated rings. The summed E-state index contributed by atoms with van der Waals surface area (Å²) in [5.74, 6) is -2.71. The van der Waals surface area contributed by atoms with Gasteiger partial charge in [-0.05, 0) is 5.92 Å². The second-order valence-corrected chi connectivity index (χ2v) is 4.40. The van der Waals surface area contributed by atoms with Crippen molar-refractivity contribution < 1.29 is 33.4 Å². The van der Waals surface area contributed by atoms with E-state index in [1.165, 1.54) is 21.3 Å². The van der Waals surface area contributed by atoms with E-state index in [2.05, 4.69) is 19.5 Å². The van der Waals surface area contributed by atoms with Gasteiger partial charge in [-0.1, -0.05) is 6.92 Å². The Morgan fingerprint density at radius 1 is 0.905 bits per heavy atom. The van der Waals surface area contributed by atoms with Crippen LogP contribution >= 0.6 is 0 Å². The summed E-state index contributed by atoms with van der Waals surface area (Å²) in [4.78, 5) is 45.6. The zero-order chi connectivity index (χ0) is 16.4. The Labute approximate surface area is 123 Å². The first kappa shape index (κ1) is 18.9. The highest BCUT2D eigenvalue weighted by atomic mass is 16.5. The van der Waals surface area contributed by atoms with E-state index in [-0.39, 0.29) is 19.3 Å². The molecule has 21 heavy (non-hydrogen) atoms. The molecule has 0 aliphatic carbocycles. The second kappa shape index (κ2) is 9.73. The minimum Gasteiger partial charge on any atom is -0.469 e. The van der Waals surface area contributed by atoms with E-state index < -0.39 is 35.8 Å². The molecule has 1 amide bonds. The highest BCUT2D eigenvalue weighted by molar-refractivity contribution is 5.87. The minimum atomic E-state index is -0.987. The van der Waals surface area contributed by atoms with Crippen LogP contribution in [0.3, 0.4) is 0 Å². The molecule has 0 radical (unpaired) electrons. The predicted molar refractivity (Wildman–Crippen MR) is 71.0 cm³/mol. The van der Waals surface area contributed by atoms with Gasteiger partial charge < -0.3 is 19.5 Å². The molecule has 0 bridgehead atoms. The van der Waals surface area contributed by atoms with Gasteiger partial charge >= 0.3 is 17.9 Å². The summed E-state index contributed by atoms with van der Waals surface area (Å²) < 4.78 is 13.5. The molecule has 8 heteroatoms. The first-order valence-corrected chi connectivity index (χ1v) is 6.36. The zero-order valence-electron chi connectivity index (χ0n) is 12.6. The molecule has 120 valence electrons. The summed E-state index contributed by atoms with van der Waals surface area (Å²) in [6.07, 6.45) is -0.264. The van der Waals surface area contributed by atoms with Gasteiger partial charge in [0.05, 0.1) is 34.2 Å². The number of amides is 1. The molecule has 2 atom stereocenters. The van der Waals surface area contributed by atoms with Crippen molar-refractivity contribution in [1.29, 1.82) is 0 Å². The number of carbonyl (C=O) groups excluding carboxylic acids is 4. The number of rotatable bonds is 8. The van der Waals surface area contributed by atoms with Crippen LogP contribution in [0.5, 0.6) is 0 Å². The average Bonchev–Trinajstić information content (AvgIpc) is 2.48. The van der Waals surface area contributed by atoms with Gasteiger partial charge in [0.1, 0.15) is 6.04 Å². The summed E-state index contributed by atoms with van der Waals surface area (Å²) in [6.45, 7) is 1.61. The van der Waals surface area contributed by atoms with Crippen LogP contribution in [-0.4, -0.2) is 51.2 Å². The third-order valence-electron chi connectivity index (χ3n) is 2.84. The summed E-state index contributed by atoms with van der Waals surface area (Å²) in [7, 11) is 3.63. The fourth-order valence-electron chi connectivity index (χ4n) is 1.59. The van der Waals surface area contributed by atoms with Crippen molar-refractivity contribution in [2.75, 3.05) is 21.3 Å². The van der Waals surface area contributed by atoms with Crippen LogP contribution in [0.1, 0.15) is 26.2 Å². The standard InChI is InChI=1S/C13H21NO7/c1-8(7-11(17)20-3)12(13(18)21-4)14-9(15)5-6-10(16)19-2/h8,12H,5-7H2,1-4H3,(H,14,15)/t8-,12-/m0/s1. The van der Waals surface area contributed by atoms with Crippen molar-refractivity contribution in [2.24, 2.45) is 5.92 Å². The second-order valence-electron chi connectivity index (χ2n) is 4.40. The van der Waals surface area contributed by atoms with E-state index in [0.717, 1.165) is 0 Å². The third-order valence-corrected chi connectivity index (χ3v) is 2.84. The molecule has 0 heterocycles. The Bertz CT molecular complexity index is 394. The number of carbonyl (C=O) groups is 4. The van der Waals surface area contributed by atoms with Gasteiger partial charge in [0.25, 0.3) is 0 Å². The van der Waals surface area contributed by atoms with Crippen LogP contribution in [0.2, 0.25) is 0 Å². The molecule has 0 saturated carbocycles. The van der Waals surface area contributed by atoms with Crippen molar-refractivity contribution in [3.8, 4) is 0 Å². The van der Waals surface area contributed by atoms with Crippen LogP contribution in [0.4, 0.5) is 0 Å². The molecule has 0 unspecified atom stereocenters. The van der Waals surface area contributed by atoms with Crippen LogP contribution in [0.25, 0.3) is 0 Å². The number of nitrogens with one attached hydrogen (secondary N) is 1. The van der Waals surface area contributed by atoms with Gasteiger partial charge in [-0.3, -0.25) is 14.4 Å². The Hall–Kier alpha value is -2.12. The highest BCUT2D eigenvalue weighted by Crippen LogP contribution is 2.11. The summed E-state index contributed by atoms with van der Waals surface area (Å²) in [5, 5.41) is 2.45. The maximum atomic E-state index is 11.7. The smallest absolute Gasteiger partial charge is 0.328 e. The van der Waals surface area contributed by atoms with E-state index in [1.54, 1.807) is 6.92 Å². The van der Waals surface area contributed by atoms with Gasteiger partial charge in [0.2, 0.25) is 5.91 Å². The third kappa shape index (κ3) is 7.28. The summed E-state index contributed by atoms with van der Waals surface area (Å²) in [6, 6.07) is -0.987. The fraction of sp³-hybridized carbons (Fsp3) is 0.692. The van der Waals surface area contributed by atoms with Crippen LogP contribution < -0.4 is 5.32 Å². The number of hydrogen-bond donors (Lipinski definition) is 1. The number of ether oxygens (including phenoxy) is 3. The largest absolute Gasteiger partial charge is 0.469 e. The van der Waals surface area contributed by atoms with Gasteiger partial charge in [-0.25, -0.2) is 4.79 Å². The lowest BCUT2D eigenvalue weighted by Gasteiger charge is -2.22. The van der Waals surface area contributed by atoms with Crippen LogP contribution in [0.15, 0.2) is 0 Å². The van der Waals surface area contributed by atoms with E-state index >= 15 is 0 Å². The molecule has 0 rings (SSSR count). The maximum absolute atomic E-state index is 11.7. The Balaban J connectivity index is 4.62. The lowest BCUT2D eigenvalue weighted by atomic mass is 9.98. The van der Waals surface area contributed by atoms with Crippen molar-refractivity contribution in [2.45, 2.75) is 32.2 Å². The van der Waals surface area contributed by atoms with E-state index in [9.17, 15) is 19.2 Å². The van der Waals surface area contributed by atoms with E-state index in [4.69, 9.17) is 0 Å². The van der Waals surface area contributed by atoms with Crippen molar-refractivity contribution in [3.63, 3.8) is 0 Å². The molecule has 0 aromatic heterocycles. The molecule has 0 aliphatic heterocycles. The van der Waals surface area contributed by atoms with Gasteiger partial charge in [-0.15, -0.1) is 0 Å². The van der Waals surface area contributed by atoms with Crippen molar-refractivity contribution in [3.05, 3.63) is 0 Å². The summed E-state index contributed by atoms with van der Waals surface area (Å²) >= 11 is 0. The maximum Gasteiger partial charge on any atom is 0.328 e. The van der Waals surface area contributed by atoms with Gasteiger partial charge in [-0.2, -0.15) is 0 Å². The molecule has 1 N–H and O–H groups in total. The average molecular weight is 303 g/mol. The number of hydrogen-bond acceptors (Lipinski definition) is 7. The molecule has 0 saturated heterocycles. The first-order chi connectivity index (χ1) is 9.85. The Morgan fingerprint density at radius 2 is 1.48 bits per heavy atom. The minimum absolute atomic E-state index is 0.0481. The lowest BCUT2D eigenvalue weighted by molar-refractivity contribution is -0.148. The van der Waals surface area contributed by atoms with Crippen LogP contribution in [0, 0.1) is 5.92 Å². The summed E-state index contributed by atoms with van der Waals surface area (Å²) in [5.41, 5.74) is 0. The molecule has 0 aromatic rings. The predicted octanol–water partition coefficient (Wildman–Crippen LogP) is -0.203. The normalized spacial score (nSPS) is 12.8. The van der Waals surface area contributed by atoms with Gasteiger partial charge in [0, 0.05) is 6.42 Å². The molecule has 0 aliphatic rings. The zero-order valence-corrected chi connectivity index (χ0v) is 12.6. The number of esters is 3. The van der Waals surface area contributed by atoms with E-state index in [0.29, 0.717) is 0 Å². The van der Waals surface area contributed by atoms with Crippen molar-refractivity contribution >= 4 is 23.8 Å². The van der Waals surface area contributed by atoms with Gasteiger partial charge in [0.15, 0.2) is 0 Å². The molecule has 0 spiro atoms. The van der Waals surface area contributed by atoms with Crippen LogP contribution in [-0.2, 0) is 33.4 Å². The lowest BCUT2D eigenvalue weighted by Crippen LogP contribution is -2.46. The van der Waals surface area contributed by atoms with Crippen molar-refractivity contribution in [1.82, 2.24) is 5.32 Å². The quantitative estimate of drug-likeness (QED) is 0.488.